The number of nitrogens with zero attached hydrogens (tertiary/aromatic N) is 4. The number of halogens is 1. The zero-order valence-electron chi connectivity index (χ0n) is 21.2. The van der Waals surface area contributed by atoms with Crippen molar-refractivity contribution in [3.8, 4) is 0 Å². The number of urea groups is 1. The van der Waals surface area contributed by atoms with Crippen LogP contribution in [-0.2, 0) is 16.1 Å². The van der Waals surface area contributed by atoms with Gasteiger partial charge in [-0.3, -0.25) is 9.59 Å². The molecule has 0 aromatic heterocycles. The minimum atomic E-state index is -0.650. The van der Waals surface area contributed by atoms with Crippen LogP contribution in [0.1, 0.15) is 44.4 Å². The molecule has 0 aliphatic carbocycles. The number of nitrogens with one attached hydrogen (secondary N) is 1. The van der Waals surface area contributed by atoms with E-state index in [4.69, 9.17) is 0 Å². The number of hydrogen-bond acceptors (Lipinski definition) is 4. The molecule has 36 heavy (non-hydrogen) atoms. The van der Waals surface area contributed by atoms with E-state index in [1.807, 2.05) is 51.1 Å². The topological polar surface area (TPSA) is 76.2 Å². The molecule has 1 N–H and O–H groups in total. The molecule has 2 saturated heterocycles. The molecule has 2 heterocycles. The fourth-order valence-corrected chi connectivity index (χ4v) is 5.06. The highest BCUT2D eigenvalue weighted by Gasteiger charge is 2.51. The van der Waals surface area contributed by atoms with Gasteiger partial charge in [0.25, 0.3) is 0 Å². The van der Waals surface area contributed by atoms with Crippen molar-refractivity contribution in [1.82, 2.24) is 25.1 Å². The van der Waals surface area contributed by atoms with Gasteiger partial charge in [-0.25, -0.2) is 19.2 Å². The molecular weight excluding hydrogens is 461 g/mol. The third kappa shape index (κ3) is 5.21. The van der Waals surface area contributed by atoms with Crippen molar-refractivity contribution < 1.29 is 18.8 Å². The lowest BCUT2D eigenvalue weighted by Crippen LogP contribution is -2.76. The first-order chi connectivity index (χ1) is 17.2. The van der Waals surface area contributed by atoms with E-state index in [-0.39, 0.29) is 55.3 Å². The van der Waals surface area contributed by atoms with Crippen molar-refractivity contribution in [2.24, 2.45) is 5.92 Å². The number of likely N-dealkylation sites (N-methyl/N-ethyl adjacent to an activating group) is 1. The van der Waals surface area contributed by atoms with E-state index < -0.39 is 12.2 Å². The summed E-state index contributed by atoms with van der Waals surface area (Å²) >= 11 is 0. The minimum absolute atomic E-state index is 0.00339. The van der Waals surface area contributed by atoms with Crippen LogP contribution in [0.2, 0.25) is 0 Å². The molecule has 0 spiro atoms. The van der Waals surface area contributed by atoms with Crippen LogP contribution in [0.25, 0.3) is 0 Å². The number of amides is 4. The second kappa shape index (κ2) is 10.7. The molecule has 0 bridgehead atoms. The number of hydrazine groups is 1. The molecule has 0 unspecified atom stereocenters. The molecular formula is C27H34FN5O3. The lowest BCUT2D eigenvalue weighted by Gasteiger charge is -2.55. The number of hydrogen-bond donors (Lipinski definition) is 1. The average molecular weight is 496 g/mol. The highest BCUT2D eigenvalue weighted by atomic mass is 19.1. The monoisotopic (exact) mass is 495 g/mol. The summed E-state index contributed by atoms with van der Waals surface area (Å²) in [4.78, 5) is 43.8. The SMILES string of the molecule is CC(C)C[C@H]1C(=O)N([C@H](C)c2ccccc2)C[C@H]2N1C(=O)CN(C)N2C(=O)NCc1ccc(F)cc1. The maximum atomic E-state index is 13.7. The molecule has 3 atom stereocenters. The van der Waals surface area contributed by atoms with Crippen molar-refractivity contribution in [2.45, 2.75) is 52.0 Å². The Balaban J connectivity index is 1.63. The van der Waals surface area contributed by atoms with Gasteiger partial charge in [-0.1, -0.05) is 56.3 Å². The van der Waals surface area contributed by atoms with Crippen molar-refractivity contribution in [3.63, 3.8) is 0 Å². The Bertz CT molecular complexity index is 1090. The molecule has 0 radical (unpaired) electrons. The first kappa shape index (κ1) is 25.6. The molecule has 9 heteroatoms. The predicted octanol–water partition coefficient (Wildman–Crippen LogP) is 3.37. The molecule has 0 saturated carbocycles. The summed E-state index contributed by atoms with van der Waals surface area (Å²) in [7, 11) is 1.70. The number of benzene rings is 2. The van der Waals surface area contributed by atoms with Crippen LogP contribution in [0, 0.1) is 11.7 Å². The number of rotatable bonds is 6. The van der Waals surface area contributed by atoms with Gasteiger partial charge in [-0.15, -0.1) is 0 Å². The molecule has 2 aromatic rings. The Morgan fingerprint density at radius 1 is 1.06 bits per heavy atom. The molecule has 4 rings (SSSR count). The second-order valence-corrected chi connectivity index (χ2v) is 9.95. The lowest BCUT2D eigenvalue weighted by molar-refractivity contribution is -0.190. The Labute approximate surface area is 211 Å². The molecule has 2 aliphatic heterocycles. The van der Waals surface area contributed by atoms with Crippen LogP contribution in [-0.4, -0.2) is 70.0 Å². The fraction of sp³-hybridized carbons (Fsp3) is 0.444. The minimum Gasteiger partial charge on any atom is -0.333 e. The maximum Gasteiger partial charge on any atom is 0.334 e. The normalized spacial score (nSPS) is 21.6. The van der Waals surface area contributed by atoms with Crippen molar-refractivity contribution in [1.29, 1.82) is 0 Å². The van der Waals surface area contributed by atoms with E-state index >= 15 is 0 Å². The van der Waals surface area contributed by atoms with Gasteiger partial charge in [0, 0.05) is 13.6 Å². The second-order valence-electron chi connectivity index (χ2n) is 9.95. The fourth-order valence-electron chi connectivity index (χ4n) is 5.06. The van der Waals surface area contributed by atoms with E-state index in [1.54, 1.807) is 34.0 Å². The van der Waals surface area contributed by atoms with Gasteiger partial charge < -0.3 is 15.1 Å². The molecule has 2 aromatic carbocycles. The summed E-state index contributed by atoms with van der Waals surface area (Å²) in [6.07, 6.45) is -0.134. The largest absolute Gasteiger partial charge is 0.334 e. The summed E-state index contributed by atoms with van der Waals surface area (Å²) in [6.45, 7) is 6.43. The van der Waals surface area contributed by atoms with Gasteiger partial charge in [0.1, 0.15) is 18.0 Å². The zero-order valence-corrected chi connectivity index (χ0v) is 21.2. The van der Waals surface area contributed by atoms with Crippen molar-refractivity contribution in [3.05, 3.63) is 71.5 Å². The first-order valence-corrected chi connectivity index (χ1v) is 12.4. The van der Waals surface area contributed by atoms with E-state index in [0.29, 0.717) is 6.42 Å². The van der Waals surface area contributed by atoms with Crippen LogP contribution < -0.4 is 5.32 Å². The summed E-state index contributed by atoms with van der Waals surface area (Å²) in [6, 6.07) is 14.4. The molecule has 2 aliphatic rings. The van der Waals surface area contributed by atoms with Crippen molar-refractivity contribution >= 4 is 17.8 Å². The summed E-state index contributed by atoms with van der Waals surface area (Å²) in [5.41, 5.74) is 1.75. The first-order valence-electron chi connectivity index (χ1n) is 12.4. The highest BCUT2D eigenvalue weighted by molar-refractivity contribution is 5.91. The standard InChI is InChI=1S/C27H34FN5O3/c1-18(2)14-23-26(35)31(19(3)21-8-6-5-7-9-21)16-24-32(23)25(34)17-30(4)33(24)27(36)29-15-20-10-12-22(28)13-11-20/h5-13,18-19,23-24H,14-17H2,1-4H3,(H,29,36)/t19-,23+,24+/m1/s1. The number of carbonyl (C=O) groups is 3. The number of carbonyl (C=O) groups excluding carboxylic acids is 3. The maximum absolute atomic E-state index is 13.7. The predicted molar refractivity (Wildman–Crippen MR) is 134 cm³/mol. The van der Waals surface area contributed by atoms with Gasteiger partial charge in [-0.2, -0.15) is 0 Å². The van der Waals surface area contributed by atoms with Crippen LogP contribution in [0.3, 0.4) is 0 Å². The van der Waals surface area contributed by atoms with E-state index in [9.17, 15) is 18.8 Å². The third-order valence-corrected chi connectivity index (χ3v) is 6.90. The quantitative estimate of drug-likeness (QED) is 0.667. The molecule has 192 valence electrons. The van der Waals surface area contributed by atoms with Crippen LogP contribution >= 0.6 is 0 Å². The van der Waals surface area contributed by atoms with E-state index in [1.165, 1.54) is 17.1 Å². The Morgan fingerprint density at radius 3 is 2.36 bits per heavy atom. The zero-order chi connectivity index (χ0) is 26.0. The van der Waals surface area contributed by atoms with Gasteiger partial charge in [0.15, 0.2) is 0 Å². The highest BCUT2D eigenvalue weighted by Crippen LogP contribution is 2.33. The van der Waals surface area contributed by atoms with Gasteiger partial charge in [-0.05, 0) is 42.5 Å². The average Bonchev–Trinajstić information content (AvgIpc) is 2.85. The lowest BCUT2D eigenvalue weighted by atomic mass is 9.95. The number of piperazine rings is 1. The van der Waals surface area contributed by atoms with Gasteiger partial charge in [0.2, 0.25) is 11.8 Å². The van der Waals surface area contributed by atoms with Crippen LogP contribution in [0.5, 0.6) is 0 Å². The molecule has 4 amide bonds. The van der Waals surface area contributed by atoms with Crippen molar-refractivity contribution in [2.75, 3.05) is 20.1 Å². The summed E-state index contributed by atoms with van der Waals surface area (Å²) in [5, 5.41) is 6.04. The van der Waals surface area contributed by atoms with E-state index in [2.05, 4.69) is 5.32 Å². The number of fused-ring (bicyclic) bond motifs is 1. The third-order valence-electron chi connectivity index (χ3n) is 6.90. The summed E-state index contributed by atoms with van der Waals surface area (Å²) in [5.74, 6) is -0.428. The Kier molecular flexibility index (Phi) is 7.59. The van der Waals surface area contributed by atoms with Crippen LogP contribution in [0.15, 0.2) is 54.6 Å². The molecule has 8 nitrogen and oxygen atoms in total. The van der Waals surface area contributed by atoms with E-state index in [0.717, 1.165) is 11.1 Å². The van der Waals surface area contributed by atoms with Gasteiger partial charge in [0.05, 0.1) is 19.1 Å². The smallest absolute Gasteiger partial charge is 0.333 e. The Hall–Kier alpha value is -3.46. The van der Waals surface area contributed by atoms with Gasteiger partial charge >= 0.3 is 6.03 Å². The Morgan fingerprint density at radius 2 is 1.72 bits per heavy atom. The molecule has 2 fully saturated rings. The summed E-state index contributed by atoms with van der Waals surface area (Å²) < 4.78 is 13.3. The van der Waals surface area contributed by atoms with Crippen LogP contribution in [0.4, 0.5) is 9.18 Å².